The van der Waals surface area contributed by atoms with Crippen molar-refractivity contribution < 1.29 is 0 Å². The Labute approximate surface area is 167 Å². The van der Waals surface area contributed by atoms with Crippen LogP contribution in [0.15, 0.2) is 0 Å². The predicted molar refractivity (Wildman–Crippen MR) is 121 cm³/mol. The molecule has 0 bridgehead atoms. The number of hydrogen-bond acceptors (Lipinski definition) is 1. The van der Waals surface area contributed by atoms with Gasteiger partial charge < -0.3 is 0 Å². The molecule has 0 atom stereocenters. The van der Waals surface area contributed by atoms with Gasteiger partial charge >= 0.3 is 0 Å². The third-order valence-corrected chi connectivity index (χ3v) is 6.06. The van der Waals surface area contributed by atoms with Crippen LogP contribution in [0.1, 0.15) is 144 Å². The largest absolute Gasteiger partial charge is 0.298 e. The average Bonchev–Trinajstić information content (AvgIpc) is 2.62. The molecule has 0 radical (unpaired) electrons. The number of unbranched alkanes of at least 4 members (excludes halogenated alkanes) is 13. The minimum atomic E-state index is 0.391. The molecule has 0 heterocycles. The fourth-order valence-electron chi connectivity index (χ4n) is 4.03. The second-order valence-electron chi connectivity index (χ2n) is 9.15. The minimum Gasteiger partial charge on any atom is -0.298 e. The molecule has 0 unspecified atom stereocenters. The smallest absolute Gasteiger partial charge is 0.0153 e. The van der Waals surface area contributed by atoms with E-state index in [1.165, 1.54) is 122 Å². The second-order valence-corrected chi connectivity index (χ2v) is 9.15. The Kier molecular flexibility index (Phi) is 18.3. The molecule has 1 heteroatoms. The molecule has 0 amide bonds. The van der Waals surface area contributed by atoms with Crippen molar-refractivity contribution in [2.45, 2.75) is 149 Å². The maximum Gasteiger partial charge on any atom is 0.0153 e. The van der Waals surface area contributed by atoms with E-state index in [1.807, 2.05) is 0 Å². The topological polar surface area (TPSA) is 3.24 Å². The van der Waals surface area contributed by atoms with Crippen LogP contribution >= 0.6 is 0 Å². The van der Waals surface area contributed by atoms with Gasteiger partial charge in [0.15, 0.2) is 0 Å². The van der Waals surface area contributed by atoms with E-state index < -0.39 is 0 Å². The van der Waals surface area contributed by atoms with E-state index in [4.69, 9.17) is 0 Å². The number of rotatable bonds is 20. The van der Waals surface area contributed by atoms with Crippen molar-refractivity contribution in [3.8, 4) is 0 Å². The van der Waals surface area contributed by atoms with Gasteiger partial charge in [0.1, 0.15) is 0 Å². The first-order valence-electron chi connectivity index (χ1n) is 12.3. The predicted octanol–water partition coefficient (Wildman–Crippen LogP) is 8.76. The molecule has 0 saturated carbocycles. The molecule has 0 fully saturated rings. The van der Waals surface area contributed by atoms with E-state index in [0.29, 0.717) is 5.54 Å². The highest BCUT2D eigenvalue weighted by atomic mass is 15.2. The average molecular weight is 368 g/mol. The summed E-state index contributed by atoms with van der Waals surface area (Å²) in [5, 5.41) is 0. The summed E-state index contributed by atoms with van der Waals surface area (Å²) in [5.74, 6) is 0. The molecule has 0 saturated heterocycles. The normalized spacial score (nSPS) is 12.2. The van der Waals surface area contributed by atoms with Gasteiger partial charge in [-0.2, -0.15) is 0 Å². The third kappa shape index (κ3) is 15.1. The van der Waals surface area contributed by atoms with Crippen molar-refractivity contribution in [1.82, 2.24) is 4.90 Å². The molecular formula is C25H53N. The van der Waals surface area contributed by atoms with Crippen molar-refractivity contribution in [2.75, 3.05) is 13.1 Å². The molecule has 0 aliphatic carbocycles. The third-order valence-electron chi connectivity index (χ3n) is 6.06. The van der Waals surface area contributed by atoms with E-state index in [1.54, 1.807) is 0 Å². The van der Waals surface area contributed by atoms with Gasteiger partial charge in [-0.1, -0.05) is 111 Å². The monoisotopic (exact) mass is 367 g/mol. The lowest BCUT2D eigenvalue weighted by Crippen LogP contribution is -2.45. The Bertz CT molecular complexity index is 261. The van der Waals surface area contributed by atoms with E-state index in [9.17, 15) is 0 Å². The molecule has 158 valence electrons. The van der Waals surface area contributed by atoms with Crippen molar-refractivity contribution in [3.63, 3.8) is 0 Å². The van der Waals surface area contributed by atoms with E-state index in [-0.39, 0.29) is 0 Å². The number of hydrogen-bond donors (Lipinski definition) is 0. The maximum atomic E-state index is 2.81. The Morgan fingerprint density at radius 1 is 0.462 bits per heavy atom. The molecule has 0 rings (SSSR count). The molecule has 1 nitrogen and oxygen atoms in total. The lowest BCUT2D eigenvalue weighted by Gasteiger charge is -2.39. The van der Waals surface area contributed by atoms with Gasteiger partial charge in [-0.3, -0.25) is 4.90 Å². The highest BCUT2D eigenvalue weighted by Crippen LogP contribution is 2.24. The summed E-state index contributed by atoms with van der Waals surface area (Å²) in [5.41, 5.74) is 0.391. The molecule has 0 spiro atoms. The van der Waals surface area contributed by atoms with Crippen LogP contribution in [0.2, 0.25) is 0 Å². The van der Waals surface area contributed by atoms with Gasteiger partial charge in [0.25, 0.3) is 0 Å². The summed E-state index contributed by atoms with van der Waals surface area (Å²) in [6.07, 6.45) is 24.0. The zero-order chi connectivity index (χ0) is 19.5. The molecule has 0 aromatic rings. The van der Waals surface area contributed by atoms with Crippen molar-refractivity contribution in [3.05, 3.63) is 0 Å². The second kappa shape index (κ2) is 18.3. The zero-order valence-electron chi connectivity index (χ0n) is 19.4. The molecule has 0 aromatic carbocycles. The fraction of sp³-hybridized carbons (Fsp3) is 1.00. The highest BCUT2D eigenvalue weighted by molar-refractivity contribution is 4.81. The molecule has 0 aliphatic heterocycles. The summed E-state index contributed by atoms with van der Waals surface area (Å²) in [7, 11) is 0. The van der Waals surface area contributed by atoms with Gasteiger partial charge in [-0.25, -0.2) is 0 Å². The summed E-state index contributed by atoms with van der Waals surface area (Å²) >= 11 is 0. The standard InChI is InChI=1S/C25H53N/c1-6-9-12-13-14-15-16-17-18-19-22-25(4,5)26(23-20-10-7-2)24-21-11-8-3/h6-24H2,1-5H3. The lowest BCUT2D eigenvalue weighted by molar-refractivity contribution is 0.103. The van der Waals surface area contributed by atoms with E-state index >= 15 is 0 Å². The highest BCUT2D eigenvalue weighted by Gasteiger charge is 2.25. The summed E-state index contributed by atoms with van der Waals surface area (Å²) in [6.45, 7) is 14.5. The molecule has 0 aliphatic rings. The SMILES string of the molecule is CCCCCCCCCCCCC(C)(C)N(CCCCC)CCCCC. The van der Waals surface area contributed by atoms with Gasteiger partial charge in [0.2, 0.25) is 0 Å². The van der Waals surface area contributed by atoms with E-state index in [0.717, 1.165) is 0 Å². The lowest BCUT2D eigenvalue weighted by atomic mass is 9.93. The Balaban J connectivity index is 3.91. The zero-order valence-corrected chi connectivity index (χ0v) is 19.4. The van der Waals surface area contributed by atoms with E-state index in [2.05, 4.69) is 39.5 Å². The van der Waals surface area contributed by atoms with Gasteiger partial charge in [-0.05, 0) is 46.2 Å². The molecule has 0 N–H and O–H groups in total. The van der Waals surface area contributed by atoms with Crippen molar-refractivity contribution in [2.24, 2.45) is 0 Å². The quantitative estimate of drug-likeness (QED) is 0.194. The van der Waals surface area contributed by atoms with Crippen LogP contribution in [-0.2, 0) is 0 Å². The van der Waals surface area contributed by atoms with Crippen molar-refractivity contribution >= 4 is 0 Å². The Hall–Kier alpha value is -0.0400. The van der Waals surface area contributed by atoms with Crippen LogP contribution in [0.3, 0.4) is 0 Å². The first-order valence-corrected chi connectivity index (χ1v) is 12.3. The summed E-state index contributed by atoms with van der Waals surface area (Å²) < 4.78 is 0. The Morgan fingerprint density at radius 3 is 1.23 bits per heavy atom. The molecule has 0 aromatic heterocycles. The van der Waals surface area contributed by atoms with Crippen molar-refractivity contribution in [1.29, 1.82) is 0 Å². The molecule has 26 heavy (non-hydrogen) atoms. The van der Waals surface area contributed by atoms with Crippen LogP contribution in [0.25, 0.3) is 0 Å². The first-order chi connectivity index (χ1) is 12.6. The van der Waals surface area contributed by atoms with Gasteiger partial charge in [-0.15, -0.1) is 0 Å². The fourth-order valence-corrected chi connectivity index (χ4v) is 4.03. The maximum absolute atomic E-state index is 2.81. The van der Waals surface area contributed by atoms with Crippen LogP contribution in [0, 0.1) is 0 Å². The summed E-state index contributed by atoms with van der Waals surface area (Å²) in [6, 6.07) is 0. The molecular weight excluding hydrogens is 314 g/mol. The first kappa shape index (κ1) is 26.0. The Morgan fingerprint density at radius 2 is 0.808 bits per heavy atom. The van der Waals surface area contributed by atoms with Gasteiger partial charge in [0.05, 0.1) is 0 Å². The number of nitrogens with zero attached hydrogens (tertiary/aromatic N) is 1. The minimum absolute atomic E-state index is 0.391. The van der Waals surface area contributed by atoms with Crippen LogP contribution in [0.5, 0.6) is 0 Å². The van der Waals surface area contributed by atoms with Gasteiger partial charge in [0, 0.05) is 5.54 Å². The van der Waals surface area contributed by atoms with Crippen LogP contribution < -0.4 is 0 Å². The van der Waals surface area contributed by atoms with Crippen LogP contribution in [-0.4, -0.2) is 23.5 Å². The summed E-state index contributed by atoms with van der Waals surface area (Å²) in [4.78, 5) is 2.81. The van der Waals surface area contributed by atoms with Crippen LogP contribution in [0.4, 0.5) is 0 Å².